The van der Waals surface area contributed by atoms with Crippen molar-refractivity contribution in [2.45, 2.75) is 6.42 Å². The van der Waals surface area contributed by atoms with E-state index in [9.17, 15) is 0 Å². The topological polar surface area (TPSA) is 30.7 Å². The summed E-state index contributed by atoms with van der Waals surface area (Å²) in [4.78, 5) is 0. The fourth-order valence-electron chi connectivity index (χ4n) is 1.96. The standard InChI is InChI=1S/C13H10IN3S/c14-18-17-7-5-11-4-3-10(9-13(11)17)8-12-2-1-6-15-16-12/h1-7,9H,8H2. The van der Waals surface area contributed by atoms with Crippen molar-refractivity contribution in [1.29, 1.82) is 0 Å². The second-order valence-corrected chi connectivity index (χ2v) is 5.71. The summed E-state index contributed by atoms with van der Waals surface area (Å²) in [5.41, 5.74) is 3.50. The minimum atomic E-state index is 0.820. The minimum absolute atomic E-state index is 0.820. The van der Waals surface area contributed by atoms with Gasteiger partial charge in [0, 0.05) is 54.5 Å². The van der Waals surface area contributed by atoms with Gasteiger partial charge in [-0.25, -0.2) is 0 Å². The molecule has 2 aromatic heterocycles. The summed E-state index contributed by atoms with van der Waals surface area (Å²) >= 11 is 2.29. The number of rotatable bonds is 3. The number of nitrogens with zero attached hydrogens (tertiary/aromatic N) is 3. The molecule has 0 spiro atoms. The van der Waals surface area contributed by atoms with Crippen LogP contribution in [0.25, 0.3) is 10.9 Å². The van der Waals surface area contributed by atoms with Gasteiger partial charge in [0.25, 0.3) is 0 Å². The third kappa shape index (κ3) is 2.37. The van der Waals surface area contributed by atoms with E-state index in [1.54, 1.807) is 15.3 Å². The third-order valence-electron chi connectivity index (χ3n) is 2.81. The Morgan fingerprint density at radius 1 is 1.22 bits per heavy atom. The van der Waals surface area contributed by atoms with Gasteiger partial charge in [-0.05, 0) is 29.8 Å². The second-order valence-electron chi connectivity index (χ2n) is 4.00. The molecular formula is C13H10IN3S. The molecule has 0 saturated heterocycles. The summed E-state index contributed by atoms with van der Waals surface area (Å²) < 4.78 is 2.16. The molecule has 3 rings (SSSR count). The van der Waals surface area contributed by atoms with Crippen LogP contribution in [0.4, 0.5) is 0 Å². The molecule has 0 aliphatic carbocycles. The van der Waals surface area contributed by atoms with Gasteiger partial charge < -0.3 is 0 Å². The van der Waals surface area contributed by atoms with Crippen molar-refractivity contribution in [3.8, 4) is 0 Å². The third-order valence-corrected chi connectivity index (χ3v) is 4.55. The fraction of sp³-hybridized carbons (Fsp3) is 0.0769. The number of hydrogen-bond acceptors (Lipinski definition) is 3. The van der Waals surface area contributed by atoms with E-state index in [4.69, 9.17) is 0 Å². The quantitative estimate of drug-likeness (QED) is 0.659. The molecule has 0 fully saturated rings. The van der Waals surface area contributed by atoms with Crippen molar-refractivity contribution in [2.24, 2.45) is 0 Å². The summed E-state index contributed by atoms with van der Waals surface area (Å²) in [5.74, 6) is 0. The van der Waals surface area contributed by atoms with Crippen LogP contribution in [0.2, 0.25) is 0 Å². The van der Waals surface area contributed by atoms with Gasteiger partial charge in [-0.15, -0.1) is 0 Å². The zero-order chi connectivity index (χ0) is 12.4. The Morgan fingerprint density at radius 3 is 2.94 bits per heavy atom. The number of hydrogen-bond donors (Lipinski definition) is 0. The molecule has 3 aromatic rings. The van der Waals surface area contributed by atoms with Crippen molar-refractivity contribution in [3.05, 3.63) is 60.0 Å². The van der Waals surface area contributed by atoms with Crippen LogP contribution < -0.4 is 0 Å². The Bertz CT molecular complexity index is 666. The average molecular weight is 367 g/mol. The molecule has 0 N–H and O–H groups in total. The maximum Gasteiger partial charge on any atom is 0.0674 e. The maximum absolute atomic E-state index is 4.12. The van der Waals surface area contributed by atoms with Crippen molar-refractivity contribution in [3.63, 3.8) is 0 Å². The molecule has 0 unspecified atom stereocenters. The molecule has 5 heteroatoms. The number of benzene rings is 1. The Morgan fingerprint density at radius 2 is 2.17 bits per heavy atom. The molecule has 90 valence electrons. The SMILES string of the molecule is ISn1ccc2ccc(Cc3cccnn3)cc21. The first-order valence-corrected chi connectivity index (χ1v) is 8.84. The van der Waals surface area contributed by atoms with Gasteiger partial charge in [0.05, 0.1) is 11.2 Å². The minimum Gasteiger partial charge on any atom is -0.283 e. The lowest BCUT2D eigenvalue weighted by Gasteiger charge is -2.03. The summed E-state index contributed by atoms with van der Waals surface area (Å²) in [6.45, 7) is 0. The molecule has 0 bridgehead atoms. The van der Waals surface area contributed by atoms with Crippen LogP contribution in [0, 0.1) is 0 Å². The van der Waals surface area contributed by atoms with Gasteiger partial charge in [-0.2, -0.15) is 10.2 Å². The molecule has 0 aliphatic heterocycles. The predicted molar refractivity (Wildman–Crippen MR) is 83.8 cm³/mol. The first-order valence-electron chi connectivity index (χ1n) is 5.52. The molecule has 0 radical (unpaired) electrons. The van der Waals surface area contributed by atoms with Crippen molar-refractivity contribution in [1.82, 2.24) is 14.2 Å². The average Bonchev–Trinajstić information content (AvgIpc) is 2.82. The number of fused-ring (bicyclic) bond motifs is 1. The molecular weight excluding hydrogens is 357 g/mol. The monoisotopic (exact) mass is 367 g/mol. The highest BCUT2D eigenvalue weighted by Crippen LogP contribution is 2.26. The van der Waals surface area contributed by atoms with Crippen LogP contribution in [0.5, 0.6) is 0 Å². The first kappa shape index (κ1) is 12.0. The van der Waals surface area contributed by atoms with Gasteiger partial charge in [0.1, 0.15) is 0 Å². The highest BCUT2D eigenvalue weighted by atomic mass is 127. The molecule has 0 saturated carbocycles. The van der Waals surface area contributed by atoms with Crippen LogP contribution in [0.15, 0.2) is 48.8 Å². The van der Waals surface area contributed by atoms with Crippen molar-refractivity contribution < 1.29 is 0 Å². The molecule has 1 aromatic carbocycles. The number of aromatic nitrogens is 3. The molecule has 0 aliphatic rings. The van der Waals surface area contributed by atoms with Crippen molar-refractivity contribution >= 4 is 41.2 Å². The maximum atomic E-state index is 4.12. The highest BCUT2D eigenvalue weighted by Gasteiger charge is 2.03. The van der Waals surface area contributed by atoms with Gasteiger partial charge in [-0.3, -0.25) is 3.97 Å². The van der Waals surface area contributed by atoms with E-state index in [1.165, 1.54) is 16.5 Å². The zero-order valence-electron chi connectivity index (χ0n) is 9.45. The summed E-state index contributed by atoms with van der Waals surface area (Å²) in [6, 6.07) is 12.6. The Balaban J connectivity index is 1.97. The lowest BCUT2D eigenvalue weighted by atomic mass is 10.1. The largest absolute Gasteiger partial charge is 0.283 e. The van der Waals surface area contributed by atoms with Crippen LogP contribution in [-0.2, 0) is 6.42 Å². The number of halogens is 1. The molecule has 0 atom stereocenters. The van der Waals surface area contributed by atoms with E-state index in [2.05, 4.69) is 65.8 Å². The van der Waals surface area contributed by atoms with Crippen LogP contribution >= 0.6 is 30.3 Å². The first-order chi connectivity index (χ1) is 8.86. The molecule has 18 heavy (non-hydrogen) atoms. The van der Waals surface area contributed by atoms with Gasteiger partial charge in [0.2, 0.25) is 0 Å². The van der Waals surface area contributed by atoms with Gasteiger partial charge in [-0.1, -0.05) is 12.1 Å². The second kappa shape index (κ2) is 5.27. The van der Waals surface area contributed by atoms with Crippen LogP contribution in [-0.4, -0.2) is 14.2 Å². The smallest absolute Gasteiger partial charge is 0.0674 e. The summed E-state index contributed by atoms with van der Waals surface area (Å²) in [7, 11) is 1.68. The van der Waals surface area contributed by atoms with Gasteiger partial charge in [0.15, 0.2) is 0 Å². The van der Waals surface area contributed by atoms with E-state index in [1.807, 2.05) is 12.1 Å². The highest BCUT2D eigenvalue weighted by molar-refractivity contribution is 14.2. The summed E-state index contributed by atoms with van der Waals surface area (Å²) in [6.07, 6.45) is 4.61. The normalized spacial score (nSPS) is 10.9. The van der Waals surface area contributed by atoms with E-state index in [0.717, 1.165) is 12.1 Å². The lowest BCUT2D eigenvalue weighted by Crippen LogP contribution is -1.93. The van der Waals surface area contributed by atoms with Crippen LogP contribution in [0.1, 0.15) is 11.3 Å². The predicted octanol–water partition coefficient (Wildman–Crippen LogP) is 3.87. The van der Waals surface area contributed by atoms with E-state index >= 15 is 0 Å². The van der Waals surface area contributed by atoms with E-state index in [0.29, 0.717) is 0 Å². The Hall–Kier alpha value is -1.08. The lowest BCUT2D eigenvalue weighted by molar-refractivity contribution is 0.937. The van der Waals surface area contributed by atoms with Crippen molar-refractivity contribution in [2.75, 3.05) is 0 Å². The van der Waals surface area contributed by atoms with Crippen LogP contribution in [0.3, 0.4) is 0 Å². The van der Waals surface area contributed by atoms with E-state index < -0.39 is 0 Å². The summed E-state index contributed by atoms with van der Waals surface area (Å²) in [5, 5.41) is 9.29. The Kier molecular flexibility index (Phi) is 3.51. The molecule has 2 heterocycles. The Labute approximate surface area is 121 Å². The van der Waals surface area contributed by atoms with E-state index in [-0.39, 0.29) is 0 Å². The van der Waals surface area contributed by atoms with Gasteiger partial charge >= 0.3 is 0 Å². The zero-order valence-corrected chi connectivity index (χ0v) is 12.4. The molecule has 3 nitrogen and oxygen atoms in total. The molecule has 0 amide bonds. The fourth-order valence-corrected chi connectivity index (χ4v) is 3.33.